The van der Waals surface area contributed by atoms with Crippen molar-refractivity contribution < 1.29 is 14.3 Å². The number of aromatic carboxylic acids is 1. The van der Waals surface area contributed by atoms with E-state index in [9.17, 15) is 14.3 Å². The number of fused-ring (bicyclic) bond motifs is 1. The van der Waals surface area contributed by atoms with Gasteiger partial charge in [-0.15, -0.1) is 0 Å². The van der Waals surface area contributed by atoms with Gasteiger partial charge >= 0.3 is 5.97 Å². The van der Waals surface area contributed by atoms with Gasteiger partial charge in [0, 0.05) is 21.6 Å². The zero-order valence-electron chi connectivity index (χ0n) is 16.4. The lowest BCUT2D eigenvalue weighted by molar-refractivity contribution is 0.0698. The Balaban J connectivity index is 1.90. The van der Waals surface area contributed by atoms with Crippen LogP contribution in [0.25, 0.3) is 10.9 Å². The summed E-state index contributed by atoms with van der Waals surface area (Å²) in [6, 6.07) is 8.58. The molecule has 4 rings (SSSR count). The van der Waals surface area contributed by atoms with Gasteiger partial charge in [-0.25, -0.2) is 9.18 Å². The van der Waals surface area contributed by atoms with Crippen molar-refractivity contribution in [3.05, 3.63) is 63.3 Å². The fourth-order valence-electron chi connectivity index (χ4n) is 4.20. The van der Waals surface area contributed by atoms with Crippen LogP contribution in [0.3, 0.4) is 0 Å². The molecule has 1 aliphatic carbocycles. The molecule has 1 aromatic heterocycles. The highest BCUT2D eigenvalue weighted by atomic mass is 35.5. The summed E-state index contributed by atoms with van der Waals surface area (Å²) >= 11 is 12.4. The third-order valence-electron chi connectivity index (χ3n) is 5.74. The van der Waals surface area contributed by atoms with Crippen LogP contribution in [0.1, 0.15) is 53.1 Å². The van der Waals surface area contributed by atoms with Gasteiger partial charge in [0.1, 0.15) is 6.17 Å². The molecule has 0 saturated heterocycles. The van der Waals surface area contributed by atoms with Crippen LogP contribution in [0.4, 0.5) is 15.8 Å². The molecule has 2 aromatic carbocycles. The van der Waals surface area contributed by atoms with Gasteiger partial charge in [-0.3, -0.25) is 4.98 Å². The average molecular weight is 447 g/mol. The van der Waals surface area contributed by atoms with E-state index in [2.05, 4.69) is 10.3 Å². The van der Waals surface area contributed by atoms with Gasteiger partial charge < -0.3 is 10.4 Å². The maximum Gasteiger partial charge on any atom is 0.337 e. The second-order valence-electron chi connectivity index (χ2n) is 7.77. The van der Waals surface area contributed by atoms with Gasteiger partial charge in [0.2, 0.25) is 0 Å². The summed E-state index contributed by atoms with van der Waals surface area (Å²) in [6.07, 6.45) is 3.51. The first-order valence-corrected chi connectivity index (χ1v) is 10.6. The summed E-state index contributed by atoms with van der Waals surface area (Å²) in [5.41, 5.74) is 3.73. The van der Waals surface area contributed by atoms with Gasteiger partial charge in [0.15, 0.2) is 0 Å². The standard InChI is InChI=1S/C23H21Cl2FN2O2/c1-12-8-15(25)10-18(23(29)30)21(12)28-22-17-9-14(24)4-7-20(17)27-11-19(22)13-2-5-16(26)6-3-13/h4,7-11,13,16H,2-3,5-6H2,1H3,(H,27,28)(H,29,30). The second-order valence-corrected chi connectivity index (χ2v) is 8.65. The summed E-state index contributed by atoms with van der Waals surface area (Å²) in [7, 11) is 0. The minimum absolute atomic E-state index is 0.0883. The summed E-state index contributed by atoms with van der Waals surface area (Å²) in [5.74, 6) is -0.935. The Morgan fingerprint density at radius 3 is 2.53 bits per heavy atom. The van der Waals surface area contributed by atoms with E-state index in [4.69, 9.17) is 23.2 Å². The molecule has 2 N–H and O–H groups in total. The van der Waals surface area contributed by atoms with Crippen LogP contribution >= 0.6 is 23.2 Å². The topological polar surface area (TPSA) is 62.2 Å². The van der Waals surface area contributed by atoms with Crippen molar-refractivity contribution in [3.63, 3.8) is 0 Å². The quantitative estimate of drug-likeness (QED) is 0.441. The van der Waals surface area contributed by atoms with Crippen molar-refractivity contribution in [3.8, 4) is 0 Å². The van der Waals surface area contributed by atoms with E-state index < -0.39 is 12.1 Å². The van der Waals surface area contributed by atoms with E-state index in [0.29, 0.717) is 34.1 Å². The minimum atomic E-state index is -1.07. The van der Waals surface area contributed by atoms with Crippen molar-refractivity contribution in [1.82, 2.24) is 4.98 Å². The number of carboxylic acid groups (broad SMARTS) is 1. The van der Waals surface area contributed by atoms with E-state index in [0.717, 1.165) is 35.0 Å². The summed E-state index contributed by atoms with van der Waals surface area (Å²) < 4.78 is 13.7. The lowest BCUT2D eigenvalue weighted by atomic mass is 9.82. The fourth-order valence-corrected chi connectivity index (χ4v) is 4.64. The van der Waals surface area contributed by atoms with Gasteiger partial charge in [-0.2, -0.15) is 0 Å². The van der Waals surface area contributed by atoms with Gasteiger partial charge in [0.25, 0.3) is 0 Å². The zero-order chi connectivity index (χ0) is 21.4. The van der Waals surface area contributed by atoms with Crippen LogP contribution in [0, 0.1) is 6.92 Å². The molecular formula is C23H21Cl2FN2O2. The number of nitrogens with zero attached hydrogens (tertiary/aromatic N) is 1. The Hall–Kier alpha value is -2.37. The number of alkyl halides is 1. The van der Waals surface area contributed by atoms with Crippen molar-refractivity contribution >= 4 is 51.4 Å². The number of aryl methyl sites for hydroxylation is 1. The predicted molar refractivity (Wildman–Crippen MR) is 119 cm³/mol. The number of halogens is 3. The molecular weight excluding hydrogens is 426 g/mol. The number of hydrogen-bond acceptors (Lipinski definition) is 3. The summed E-state index contributed by atoms with van der Waals surface area (Å²) in [5, 5.41) is 14.8. The molecule has 1 fully saturated rings. The van der Waals surface area contributed by atoms with Crippen LogP contribution in [0.2, 0.25) is 10.0 Å². The van der Waals surface area contributed by atoms with Crippen LogP contribution < -0.4 is 5.32 Å². The molecule has 3 aromatic rings. The molecule has 156 valence electrons. The molecule has 0 amide bonds. The highest BCUT2D eigenvalue weighted by Gasteiger charge is 2.26. The molecule has 30 heavy (non-hydrogen) atoms. The van der Waals surface area contributed by atoms with E-state index in [-0.39, 0.29) is 11.5 Å². The molecule has 0 aliphatic heterocycles. The zero-order valence-corrected chi connectivity index (χ0v) is 17.9. The first kappa shape index (κ1) is 20.9. The SMILES string of the molecule is Cc1cc(Cl)cc(C(=O)O)c1Nc1c(C2CCC(F)CC2)cnc2ccc(Cl)cc12. The van der Waals surface area contributed by atoms with E-state index in [1.54, 1.807) is 12.1 Å². The van der Waals surface area contributed by atoms with Crippen molar-refractivity contribution in [2.75, 3.05) is 5.32 Å². The Bertz CT molecular complexity index is 1130. The molecule has 0 radical (unpaired) electrons. The lowest BCUT2D eigenvalue weighted by Gasteiger charge is -2.27. The normalized spacial score (nSPS) is 19.1. The molecule has 1 saturated carbocycles. The first-order valence-electron chi connectivity index (χ1n) is 9.86. The molecule has 0 bridgehead atoms. The summed E-state index contributed by atoms with van der Waals surface area (Å²) in [4.78, 5) is 16.5. The second kappa shape index (κ2) is 8.40. The highest BCUT2D eigenvalue weighted by molar-refractivity contribution is 6.32. The number of pyridine rings is 1. The molecule has 0 unspecified atom stereocenters. The average Bonchev–Trinajstić information content (AvgIpc) is 2.70. The van der Waals surface area contributed by atoms with Crippen LogP contribution in [0.15, 0.2) is 36.5 Å². The molecule has 7 heteroatoms. The number of carbonyl (C=O) groups is 1. The van der Waals surface area contributed by atoms with E-state index >= 15 is 0 Å². The molecule has 4 nitrogen and oxygen atoms in total. The van der Waals surface area contributed by atoms with Crippen molar-refractivity contribution in [1.29, 1.82) is 0 Å². The Kier molecular flexibility index (Phi) is 5.85. The van der Waals surface area contributed by atoms with Crippen LogP contribution in [-0.2, 0) is 0 Å². The van der Waals surface area contributed by atoms with Gasteiger partial charge in [0.05, 0.1) is 22.5 Å². The van der Waals surface area contributed by atoms with Crippen LogP contribution in [0.5, 0.6) is 0 Å². The largest absolute Gasteiger partial charge is 0.478 e. The highest BCUT2D eigenvalue weighted by Crippen LogP contribution is 2.42. The predicted octanol–water partition coefficient (Wildman–Crippen LogP) is 7.29. The Labute approximate surface area is 184 Å². The smallest absolute Gasteiger partial charge is 0.337 e. The van der Waals surface area contributed by atoms with Crippen molar-refractivity contribution in [2.45, 2.75) is 44.7 Å². The third kappa shape index (κ3) is 4.09. The fraction of sp³-hybridized carbons (Fsp3) is 0.304. The first-order chi connectivity index (χ1) is 14.3. The Morgan fingerprint density at radius 1 is 1.10 bits per heavy atom. The lowest BCUT2D eigenvalue weighted by Crippen LogP contribution is -2.15. The van der Waals surface area contributed by atoms with E-state index in [1.165, 1.54) is 6.07 Å². The maximum atomic E-state index is 13.7. The maximum absolute atomic E-state index is 13.7. The van der Waals surface area contributed by atoms with Gasteiger partial charge in [-0.1, -0.05) is 23.2 Å². The van der Waals surface area contributed by atoms with Gasteiger partial charge in [-0.05, 0) is 80.0 Å². The number of carboxylic acids is 1. The molecule has 0 atom stereocenters. The van der Waals surface area contributed by atoms with Crippen molar-refractivity contribution in [2.24, 2.45) is 0 Å². The number of nitrogens with one attached hydrogen (secondary N) is 1. The Morgan fingerprint density at radius 2 is 1.83 bits per heavy atom. The summed E-state index contributed by atoms with van der Waals surface area (Å²) in [6.45, 7) is 1.81. The minimum Gasteiger partial charge on any atom is -0.478 e. The molecule has 1 aliphatic rings. The number of benzene rings is 2. The molecule has 0 spiro atoms. The number of hydrogen-bond donors (Lipinski definition) is 2. The number of anilines is 2. The third-order valence-corrected chi connectivity index (χ3v) is 6.19. The van der Waals surface area contributed by atoms with Crippen LogP contribution in [-0.4, -0.2) is 22.2 Å². The monoisotopic (exact) mass is 446 g/mol. The van der Waals surface area contributed by atoms with E-state index in [1.807, 2.05) is 25.3 Å². The number of rotatable bonds is 4. The molecule has 1 heterocycles. The number of aromatic nitrogens is 1.